The Labute approximate surface area is 113 Å². The summed E-state index contributed by atoms with van der Waals surface area (Å²) in [6, 6.07) is 8.93. The van der Waals surface area contributed by atoms with Gasteiger partial charge >= 0.3 is 0 Å². The summed E-state index contributed by atoms with van der Waals surface area (Å²) in [6.07, 6.45) is 11.9. The summed E-state index contributed by atoms with van der Waals surface area (Å²) in [4.78, 5) is 0. The van der Waals surface area contributed by atoms with Crippen molar-refractivity contribution in [3.63, 3.8) is 0 Å². The molecule has 4 aliphatic rings. The van der Waals surface area contributed by atoms with Crippen molar-refractivity contribution in [3.8, 4) is 0 Å². The van der Waals surface area contributed by atoms with Gasteiger partial charge in [-0.3, -0.25) is 0 Å². The van der Waals surface area contributed by atoms with E-state index in [-0.39, 0.29) is 0 Å². The van der Waals surface area contributed by atoms with Crippen molar-refractivity contribution in [1.82, 2.24) is 0 Å². The molecule has 0 nitrogen and oxygen atoms in total. The highest BCUT2D eigenvalue weighted by atomic mass is 14.6. The summed E-state index contributed by atoms with van der Waals surface area (Å²) in [5.74, 6) is 0.761. The molecule has 0 heteroatoms. The lowest BCUT2D eigenvalue weighted by Crippen LogP contribution is -2.10. The van der Waals surface area contributed by atoms with Gasteiger partial charge in [-0.15, -0.1) is 0 Å². The van der Waals surface area contributed by atoms with Crippen molar-refractivity contribution in [3.05, 3.63) is 70.8 Å². The maximum atomic E-state index is 2.55. The van der Waals surface area contributed by atoms with E-state index in [0.717, 1.165) is 12.3 Å². The molecule has 0 spiro atoms. The fraction of sp³-hybridized carbons (Fsp3) is 0.263. The van der Waals surface area contributed by atoms with Crippen LogP contribution in [0.3, 0.4) is 0 Å². The molecule has 1 aromatic rings. The summed E-state index contributed by atoms with van der Waals surface area (Å²) in [7, 11) is 0. The average Bonchev–Trinajstić information content (AvgIpc) is 3.07. The smallest absolute Gasteiger partial charge is 0.0000255 e. The van der Waals surface area contributed by atoms with Crippen LogP contribution in [0.1, 0.15) is 30.9 Å². The van der Waals surface area contributed by atoms with Crippen molar-refractivity contribution in [2.45, 2.75) is 19.8 Å². The number of allylic oxidation sites excluding steroid dienone is 8. The first kappa shape index (κ1) is 10.0. The van der Waals surface area contributed by atoms with Crippen LogP contribution in [0, 0.1) is 11.3 Å². The van der Waals surface area contributed by atoms with E-state index >= 15 is 0 Å². The maximum Gasteiger partial charge on any atom is 0.0000255 e. The minimum Gasteiger partial charge on any atom is -0.0801 e. The lowest BCUT2D eigenvalue weighted by Gasteiger charge is -2.24. The van der Waals surface area contributed by atoms with Gasteiger partial charge in [0.1, 0.15) is 0 Å². The van der Waals surface area contributed by atoms with E-state index in [1.165, 1.54) is 23.1 Å². The molecule has 0 aliphatic heterocycles. The van der Waals surface area contributed by atoms with Crippen LogP contribution in [0.4, 0.5) is 0 Å². The van der Waals surface area contributed by atoms with Crippen molar-refractivity contribution in [2.75, 3.05) is 0 Å². The van der Waals surface area contributed by atoms with Gasteiger partial charge < -0.3 is 0 Å². The number of hydrogen-bond donors (Lipinski definition) is 0. The third-order valence-electron chi connectivity index (χ3n) is 5.39. The van der Waals surface area contributed by atoms with Gasteiger partial charge in [-0.05, 0) is 52.2 Å². The molecule has 0 aromatic heterocycles. The summed E-state index contributed by atoms with van der Waals surface area (Å²) < 4.78 is 0. The third kappa shape index (κ3) is 1.07. The Hall–Kier alpha value is -1.82. The fourth-order valence-electron chi connectivity index (χ4n) is 4.17. The van der Waals surface area contributed by atoms with Gasteiger partial charge in [0.2, 0.25) is 0 Å². The normalized spacial score (nSPS) is 33.0. The lowest BCUT2D eigenvalue weighted by molar-refractivity contribution is 0.650. The van der Waals surface area contributed by atoms with Crippen LogP contribution in [0.2, 0.25) is 0 Å². The van der Waals surface area contributed by atoms with Gasteiger partial charge in [0, 0.05) is 5.41 Å². The Morgan fingerprint density at radius 3 is 2.89 bits per heavy atom. The van der Waals surface area contributed by atoms with Crippen LogP contribution in [-0.2, 0) is 0 Å². The standard InChI is InChI=1S/C19H16/c1-19-11-12(19)10-16-14-7-3-2-6-13(14)15-8-4-5-9-17(19)18(15)16/h2-7,9-10,12H,8,11H2,1H3. The van der Waals surface area contributed by atoms with E-state index in [1.807, 2.05) is 0 Å². The highest BCUT2D eigenvalue weighted by Crippen LogP contribution is 2.68. The molecule has 5 rings (SSSR count). The fourth-order valence-corrected chi connectivity index (χ4v) is 4.17. The Bertz CT molecular complexity index is 739. The first-order valence-electron chi connectivity index (χ1n) is 7.22. The van der Waals surface area contributed by atoms with E-state index in [1.54, 1.807) is 16.7 Å². The molecule has 0 heterocycles. The summed E-state index contributed by atoms with van der Waals surface area (Å²) in [5.41, 5.74) is 9.56. The number of hydrogen-bond acceptors (Lipinski definition) is 0. The van der Waals surface area contributed by atoms with Gasteiger partial charge in [-0.1, -0.05) is 55.5 Å². The Morgan fingerprint density at radius 2 is 2.00 bits per heavy atom. The zero-order valence-electron chi connectivity index (χ0n) is 11.1. The van der Waals surface area contributed by atoms with Crippen molar-refractivity contribution >= 4 is 11.1 Å². The number of rotatable bonds is 0. The van der Waals surface area contributed by atoms with Gasteiger partial charge in [-0.25, -0.2) is 0 Å². The molecule has 0 amide bonds. The predicted molar refractivity (Wildman–Crippen MR) is 79.4 cm³/mol. The second-order valence-corrected chi connectivity index (χ2v) is 6.42. The molecule has 0 N–H and O–H groups in total. The molecule has 4 aliphatic carbocycles. The van der Waals surface area contributed by atoms with Crippen LogP contribution in [0.25, 0.3) is 11.1 Å². The van der Waals surface area contributed by atoms with E-state index in [4.69, 9.17) is 0 Å². The molecule has 0 radical (unpaired) electrons. The molecule has 0 bridgehead atoms. The van der Waals surface area contributed by atoms with Gasteiger partial charge in [-0.2, -0.15) is 0 Å². The first-order valence-corrected chi connectivity index (χ1v) is 7.22. The van der Waals surface area contributed by atoms with E-state index in [2.05, 4.69) is 55.5 Å². The van der Waals surface area contributed by atoms with Crippen LogP contribution in [0.5, 0.6) is 0 Å². The monoisotopic (exact) mass is 244 g/mol. The Kier molecular flexibility index (Phi) is 1.59. The zero-order valence-corrected chi connectivity index (χ0v) is 11.1. The van der Waals surface area contributed by atoms with Crippen molar-refractivity contribution < 1.29 is 0 Å². The highest BCUT2D eigenvalue weighted by Gasteiger charge is 2.56. The minimum atomic E-state index is 0.417. The largest absolute Gasteiger partial charge is 0.0801 e. The van der Waals surface area contributed by atoms with Crippen LogP contribution >= 0.6 is 0 Å². The Morgan fingerprint density at radius 1 is 1.16 bits per heavy atom. The Balaban J connectivity index is 1.89. The predicted octanol–water partition coefficient (Wildman–Crippen LogP) is 4.76. The van der Waals surface area contributed by atoms with E-state index in [9.17, 15) is 0 Å². The molecular weight excluding hydrogens is 228 g/mol. The molecule has 1 fully saturated rings. The van der Waals surface area contributed by atoms with E-state index < -0.39 is 0 Å². The summed E-state index contributed by atoms with van der Waals surface area (Å²) in [5, 5.41) is 0. The molecule has 2 unspecified atom stereocenters. The molecule has 19 heavy (non-hydrogen) atoms. The second kappa shape index (κ2) is 3.01. The molecular formula is C19H16. The van der Waals surface area contributed by atoms with Crippen molar-refractivity contribution in [1.29, 1.82) is 0 Å². The molecule has 2 atom stereocenters. The molecule has 1 saturated carbocycles. The van der Waals surface area contributed by atoms with E-state index in [0.29, 0.717) is 5.41 Å². The highest BCUT2D eigenvalue weighted by molar-refractivity contribution is 6.05. The number of benzene rings is 1. The third-order valence-corrected chi connectivity index (χ3v) is 5.39. The maximum absolute atomic E-state index is 2.55. The quantitative estimate of drug-likeness (QED) is 0.617. The minimum absolute atomic E-state index is 0.417. The van der Waals surface area contributed by atoms with Crippen LogP contribution in [0.15, 0.2) is 59.7 Å². The van der Waals surface area contributed by atoms with Crippen LogP contribution < -0.4 is 0 Å². The van der Waals surface area contributed by atoms with Crippen LogP contribution in [-0.4, -0.2) is 0 Å². The molecule has 0 saturated heterocycles. The lowest BCUT2D eigenvalue weighted by atomic mass is 9.80. The molecule has 92 valence electrons. The second-order valence-electron chi connectivity index (χ2n) is 6.42. The average molecular weight is 244 g/mol. The van der Waals surface area contributed by atoms with Gasteiger partial charge in [0.15, 0.2) is 0 Å². The molecule has 1 aromatic carbocycles. The summed E-state index contributed by atoms with van der Waals surface area (Å²) in [6.45, 7) is 2.43. The first-order chi connectivity index (χ1) is 9.29. The number of fused-ring (bicyclic) bond motifs is 5. The zero-order chi connectivity index (χ0) is 12.6. The SMILES string of the molecule is CC12CC1C=C1C3=C(CC=CC=C32)c2ccccc21. The van der Waals surface area contributed by atoms with Gasteiger partial charge in [0.05, 0.1) is 0 Å². The van der Waals surface area contributed by atoms with Crippen molar-refractivity contribution in [2.24, 2.45) is 11.3 Å². The topological polar surface area (TPSA) is 0 Å². The summed E-state index contributed by atoms with van der Waals surface area (Å²) >= 11 is 0. The van der Waals surface area contributed by atoms with Gasteiger partial charge in [0.25, 0.3) is 0 Å².